The molecular formula is C9H17NO2. The highest BCUT2D eigenvalue weighted by molar-refractivity contribution is 5.87. The van der Waals surface area contributed by atoms with E-state index in [1.54, 1.807) is 6.92 Å². The van der Waals surface area contributed by atoms with Gasteiger partial charge in [0.15, 0.2) is 0 Å². The average Bonchev–Trinajstić information content (AvgIpc) is 2.02. The Kier molecular flexibility index (Phi) is 5.37. The summed E-state index contributed by atoms with van der Waals surface area (Å²) in [6.45, 7) is 2.72. The molecule has 0 saturated heterocycles. The summed E-state index contributed by atoms with van der Waals surface area (Å²) in [7, 11) is 5.40. The van der Waals surface area contributed by atoms with E-state index in [-0.39, 0.29) is 5.97 Å². The van der Waals surface area contributed by atoms with Crippen molar-refractivity contribution in [2.45, 2.75) is 13.3 Å². The van der Waals surface area contributed by atoms with Crippen molar-refractivity contribution < 1.29 is 9.53 Å². The zero-order valence-electron chi connectivity index (χ0n) is 8.26. The van der Waals surface area contributed by atoms with Crippen molar-refractivity contribution in [3.05, 3.63) is 11.6 Å². The van der Waals surface area contributed by atoms with E-state index >= 15 is 0 Å². The highest BCUT2D eigenvalue weighted by Crippen LogP contribution is 1.97. The van der Waals surface area contributed by atoms with Gasteiger partial charge in [0, 0.05) is 12.1 Å². The lowest BCUT2D eigenvalue weighted by molar-refractivity contribution is -0.136. The Labute approximate surface area is 74.0 Å². The number of esters is 1. The van der Waals surface area contributed by atoms with E-state index in [1.807, 2.05) is 20.2 Å². The third-order valence-corrected chi connectivity index (χ3v) is 1.53. The lowest BCUT2D eigenvalue weighted by atomic mass is 10.2. The van der Waals surface area contributed by atoms with E-state index in [2.05, 4.69) is 9.64 Å². The van der Waals surface area contributed by atoms with E-state index in [0.29, 0.717) is 5.57 Å². The van der Waals surface area contributed by atoms with Crippen LogP contribution in [-0.4, -0.2) is 38.6 Å². The van der Waals surface area contributed by atoms with Crippen LogP contribution < -0.4 is 0 Å². The lowest BCUT2D eigenvalue weighted by Crippen LogP contribution is -2.12. The molecule has 0 radical (unpaired) electrons. The molecule has 0 amide bonds. The minimum Gasteiger partial charge on any atom is -0.466 e. The molecule has 0 N–H and O–H groups in total. The number of carbonyl (C=O) groups excluding carboxylic acids is 1. The summed E-state index contributed by atoms with van der Waals surface area (Å²) < 4.78 is 4.55. The molecule has 0 aliphatic rings. The smallest absolute Gasteiger partial charge is 0.333 e. The van der Waals surface area contributed by atoms with Crippen molar-refractivity contribution in [1.82, 2.24) is 4.90 Å². The van der Waals surface area contributed by atoms with Gasteiger partial charge in [-0.15, -0.1) is 0 Å². The first-order valence-electron chi connectivity index (χ1n) is 3.97. The first kappa shape index (κ1) is 11.2. The molecule has 0 bridgehead atoms. The second kappa shape index (κ2) is 5.77. The maximum absolute atomic E-state index is 10.9. The molecule has 0 atom stereocenters. The monoisotopic (exact) mass is 171 g/mol. The Morgan fingerprint density at radius 3 is 2.50 bits per heavy atom. The molecule has 0 aliphatic carbocycles. The van der Waals surface area contributed by atoms with Gasteiger partial charge in [-0.25, -0.2) is 4.79 Å². The van der Waals surface area contributed by atoms with Crippen LogP contribution in [0.25, 0.3) is 0 Å². The van der Waals surface area contributed by atoms with Crippen LogP contribution in [0.15, 0.2) is 11.6 Å². The molecule has 70 valence electrons. The first-order chi connectivity index (χ1) is 5.57. The summed E-state index contributed by atoms with van der Waals surface area (Å²) >= 11 is 0. The normalized spacial score (nSPS) is 11.9. The van der Waals surface area contributed by atoms with Crippen LogP contribution in [-0.2, 0) is 9.53 Å². The van der Waals surface area contributed by atoms with Crippen molar-refractivity contribution in [1.29, 1.82) is 0 Å². The topological polar surface area (TPSA) is 29.5 Å². The van der Waals surface area contributed by atoms with E-state index in [1.165, 1.54) is 7.11 Å². The van der Waals surface area contributed by atoms with Crippen molar-refractivity contribution in [2.24, 2.45) is 0 Å². The molecule has 0 aromatic heterocycles. The summed E-state index contributed by atoms with van der Waals surface area (Å²) in [4.78, 5) is 13.0. The molecular weight excluding hydrogens is 154 g/mol. The van der Waals surface area contributed by atoms with E-state index in [9.17, 15) is 4.79 Å². The zero-order chi connectivity index (χ0) is 9.56. The molecule has 0 rings (SSSR count). The van der Waals surface area contributed by atoms with Crippen LogP contribution in [0, 0.1) is 0 Å². The summed E-state index contributed by atoms with van der Waals surface area (Å²) in [5.41, 5.74) is 0.680. The molecule has 0 aromatic carbocycles. The van der Waals surface area contributed by atoms with Crippen molar-refractivity contribution in [2.75, 3.05) is 27.7 Å². The number of carbonyl (C=O) groups is 1. The van der Waals surface area contributed by atoms with Gasteiger partial charge in [0.05, 0.1) is 7.11 Å². The second-order valence-corrected chi connectivity index (χ2v) is 2.97. The molecule has 3 heteroatoms. The Bertz CT molecular complexity index is 173. The van der Waals surface area contributed by atoms with Crippen LogP contribution >= 0.6 is 0 Å². The van der Waals surface area contributed by atoms with E-state index in [0.717, 1.165) is 13.0 Å². The van der Waals surface area contributed by atoms with Gasteiger partial charge in [-0.05, 0) is 27.4 Å². The van der Waals surface area contributed by atoms with E-state index < -0.39 is 0 Å². The Morgan fingerprint density at radius 1 is 1.50 bits per heavy atom. The third-order valence-electron chi connectivity index (χ3n) is 1.53. The van der Waals surface area contributed by atoms with E-state index in [4.69, 9.17) is 0 Å². The first-order valence-corrected chi connectivity index (χ1v) is 3.97. The fourth-order valence-corrected chi connectivity index (χ4v) is 0.784. The maximum atomic E-state index is 10.9. The molecule has 0 aromatic rings. The lowest BCUT2D eigenvalue weighted by Gasteiger charge is -2.06. The van der Waals surface area contributed by atoms with Crippen molar-refractivity contribution in [3.8, 4) is 0 Å². The number of hydrogen-bond acceptors (Lipinski definition) is 3. The molecule has 0 heterocycles. The fourth-order valence-electron chi connectivity index (χ4n) is 0.784. The summed E-state index contributed by atoms with van der Waals surface area (Å²) in [6, 6.07) is 0. The highest BCUT2D eigenvalue weighted by atomic mass is 16.5. The number of methoxy groups -OCH3 is 1. The third kappa shape index (κ3) is 4.91. The van der Waals surface area contributed by atoms with Crippen LogP contribution in [0.2, 0.25) is 0 Å². The molecule has 3 nitrogen and oxygen atoms in total. The van der Waals surface area contributed by atoms with Gasteiger partial charge in [0.1, 0.15) is 0 Å². The number of hydrogen-bond donors (Lipinski definition) is 0. The van der Waals surface area contributed by atoms with Gasteiger partial charge in [-0.1, -0.05) is 6.08 Å². The quantitative estimate of drug-likeness (QED) is 0.468. The Hall–Kier alpha value is -0.830. The number of ether oxygens (including phenoxy) is 1. The van der Waals surface area contributed by atoms with Gasteiger partial charge in [-0.3, -0.25) is 0 Å². The molecule has 12 heavy (non-hydrogen) atoms. The van der Waals surface area contributed by atoms with Crippen molar-refractivity contribution in [3.63, 3.8) is 0 Å². The van der Waals surface area contributed by atoms with Crippen LogP contribution in [0.5, 0.6) is 0 Å². The standard InChI is InChI=1S/C9H17NO2/c1-8(9(11)12-4)6-5-7-10(2)3/h6H,5,7H2,1-4H3. The molecule has 0 aliphatic heterocycles. The van der Waals surface area contributed by atoms with Gasteiger partial charge >= 0.3 is 5.97 Å². The van der Waals surface area contributed by atoms with Gasteiger partial charge in [0.25, 0.3) is 0 Å². The van der Waals surface area contributed by atoms with Gasteiger partial charge in [0.2, 0.25) is 0 Å². The summed E-state index contributed by atoms with van der Waals surface area (Å²) in [5, 5.41) is 0. The Morgan fingerprint density at radius 2 is 2.08 bits per heavy atom. The van der Waals surface area contributed by atoms with Crippen LogP contribution in [0.4, 0.5) is 0 Å². The zero-order valence-corrected chi connectivity index (χ0v) is 8.26. The fraction of sp³-hybridized carbons (Fsp3) is 0.667. The minimum absolute atomic E-state index is 0.242. The Balaban J connectivity index is 3.76. The largest absolute Gasteiger partial charge is 0.466 e. The molecule has 0 fully saturated rings. The average molecular weight is 171 g/mol. The molecule has 0 spiro atoms. The number of rotatable bonds is 4. The highest BCUT2D eigenvalue weighted by Gasteiger charge is 2.00. The minimum atomic E-state index is -0.242. The molecule has 0 saturated carbocycles. The second-order valence-electron chi connectivity index (χ2n) is 2.97. The van der Waals surface area contributed by atoms with Gasteiger partial charge < -0.3 is 9.64 Å². The summed E-state index contributed by atoms with van der Waals surface area (Å²) in [5.74, 6) is -0.242. The predicted molar refractivity (Wildman–Crippen MR) is 48.9 cm³/mol. The van der Waals surface area contributed by atoms with Crippen LogP contribution in [0.1, 0.15) is 13.3 Å². The number of nitrogens with zero attached hydrogens (tertiary/aromatic N) is 1. The summed E-state index contributed by atoms with van der Waals surface area (Å²) in [6.07, 6.45) is 2.78. The molecule has 0 unspecified atom stereocenters. The van der Waals surface area contributed by atoms with Gasteiger partial charge in [-0.2, -0.15) is 0 Å². The van der Waals surface area contributed by atoms with Crippen LogP contribution in [0.3, 0.4) is 0 Å². The predicted octanol–water partition coefficient (Wildman–Crippen LogP) is 1.06. The van der Waals surface area contributed by atoms with Crippen molar-refractivity contribution >= 4 is 5.97 Å². The SMILES string of the molecule is COC(=O)C(C)=CCCN(C)C. The maximum Gasteiger partial charge on any atom is 0.333 e.